The maximum atomic E-state index is 13.7. The van der Waals surface area contributed by atoms with E-state index in [9.17, 15) is 14.0 Å². The standard InChI is InChI=1S/C22H15FN4O2/c1-2-10-26-18-9-4-3-8-16(18)22(21(26)29)12-19(28)25-20-17(22)13-24-27(20)15-7-5-6-14(23)11-15/h1,3-9,11,13H,10,12H2,(H,25,28). The highest BCUT2D eigenvalue weighted by atomic mass is 19.1. The van der Waals surface area contributed by atoms with Gasteiger partial charge in [0.1, 0.15) is 17.1 Å². The summed E-state index contributed by atoms with van der Waals surface area (Å²) in [5, 5.41) is 7.17. The first kappa shape index (κ1) is 17.2. The third kappa shape index (κ3) is 2.26. The molecule has 0 saturated carbocycles. The van der Waals surface area contributed by atoms with Crippen LogP contribution in [0.5, 0.6) is 0 Å². The Hall–Kier alpha value is -3.92. The molecule has 0 bridgehead atoms. The Balaban J connectivity index is 1.77. The summed E-state index contributed by atoms with van der Waals surface area (Å²) in [6.45, 7) is 0.104. The van der Waals surface area contributed by atoms with E-state index in [4.69, 9.17) is 6.42 Å². The Morgan fingerprint density at radius 1 is 1.17 bits per heavy atom. The smallest absolute Gasteiger partial charge is 0.243 e. The summed E-state index contributed by atoms with van der Waals surface area (Å²) in [6.07, 6.45) is 7.00. The molecule has 0 fully saturated rings. The highest BCUT2D eigenvalue weighted by molar-refractivity contribution is 6.16. The van der Waals surface area contributed by atoms with Crippen LogP contribution < -0.4 is 10.2 Å². The number of fused-ring (bicyclic) bond motifs is 4. The maximum absolute atomic E-state index is 13.7. The van der Waals surface area contributed by atoms with Crippen LogP contribution in [-0.2, 0) is 15.0 Å². The van der Waals surface area contributed by atoms with Crippen molar-refractivity contribution in [3.8, 4) is 18.0 Å². The lowest BCUT2D eigenvalue weighted by molar-refractivity contribution is -0.126. The molecule has 5 rings (SSSR count). The topological polar surface area (TPSA) is 67.2 Å². The van der Waals surface area contributed by atoms with Crippen molar-refractivity contribution in [1.82, 2.24) is 9.78 Å². The van der Waals surface area contributed by atoms with E-state index in [1.165, 1.54) is 21.7 Å². The second-order valence-electron chi connectivity index (χ2n) is 7.04. The number of carbonyl (C=O) groups is 2. The van der Waals surface area contributed by atoms with Crippen LogP contribution in [0.3, 0.4) is 0 Å². The summed E-state index contributed by atoms with van der Waals surface area (Å²) < 4.78 is 15.2. The summed E-state index contributed by atoms with van der Waals surface area (Å²) in [5.74, 6) is 1.88. The minimum Gasteiger partial charge on any atom is -0.310 e. The predicted octanol–water partition coefficient (Wildman–Crippen LogP) is 2.62. The number of nitrogens with one attached hydrogen (secondary N) is 1. The minimum atomic E-state index is -1.21. The summed E-state index contributed by atoms with van der Waals surface area (Å²) in [4.78, 5) is 27.8. The average molecular weight is 386 g/mol. The van der Waals surface area contributed by atoms with E-state index >= 15 is 0 Å². The SMILES string of the molecule is C#CCN1C(=O)C2(CC(=O)Nc3c2cnn3-c2cccc(F)c2)c2ccccc21. The zero-order valence-electron chi connectivity index (χ0n) is 15.2. The number of rotatable bonds is 2. The van der Waals surface area contributed by atoms with Gasteiger partial charge < -0.3 is 5.32 Å². The Morgan fingerprint density at radius 2 is 2.00 bits per heavy atom. The number of anilines is 2. The molecule has 1 N–H and O–H groups in total. The quantitative estimate of drug-likeness (QED) is 0.689. The monoisotopic (exact) mass is 386 g/mol. The fraction of sp³-hybridized carbons (Fsp3) is 0.136. The van der Waals surface area contributed by atoms with Crippen molar-refractivity contribution in [2.24, 2.45) is 0 Å². The van der Waals surface area contributed by atoms with Crippen LogP contribution in [0, 0.1) is 18.2 Å². The third-order valence-electron chi connectivity index (χ3n) is 5.48. The highest BCUT2D eigenvalue weighted by Gasteiger charge is 2.56. The minimum absolute atomic E-state index is 0.0498. The van der Waals surface area contributed by atoms with Crippen LogP contribution >= 0.6 is 0 Å². The van der Waals surface area contributed by atoms with Crippen LogP contribution in [-0.4, -0.2) is 28.1 Å². The first-order valence-corrected chi connectivity index (χ1v) is 9.05. The van der Waals surface area contributed by atoms with Gasteiger partial charge in [-0.25, -0.2) is 9.07 Å². The van der Waals surface area contributed by atoms with Crippen molar-refractivity contribution in [1.29, 1.82) is 0 Å². The van der Waals surface area contributed by atoms with Gasteiger partial charge in [0, 0.05) is 17.7 Å². The molecule has 2 aromatic carbocycles. The van der Waals surface area contributed by atoms with Crippen LogP contribution in [0.4, 0.5) is 15.9 Å². The van der Waals surface area contributed by atoms with E-state index in [2.05, 4.69) is 16.3 Å². The van der Waals surface area contributed by atoms with Crippen molar-refractivity contribution in [3.05, 3.63) is 71.7 Å². The van der Waals surface area contributed by atoms with Gasteiger partial charge in [0.25, 0.3) is 0 Å². The molecule has 29 heavy (non-hydrogen) atoms. The summed E-state index contributed by atoms with van der Waals surface area (Å²) in [5.41, 5.74) is 1.21. The molecule has 2 amide bonds. The van der Waals surface area contributed by atoms with Crippen LogP contribution in [0.15, 0.2) is 54.7 Å². The predicted molar refractivity (Wildman–Crippen MR) is 105 cm³/mol. The van der Waals surface area contributed by atoms with Crippen molar-refractivity contribution in [2.75, 3.05) is 16.8 Å². The number of hydrogen-bond acceptors (Lipinski definition) is 3. The number of nitrogens with zero attached hydrogens (tertiary/aromatic N) is 3. The lowest BCUT2D eigenvalue weighted by atomic mass is 9.72. The zero-order valence-corrected chi connectivity index (χ0v) is 15.2. The van der Waals surface area contributed by atoms with Crippen LogP contribution in [0.2, 0.25) is 0 Å². The third-order valence-corrected chi connectivity index (χ3v) is 5.48. The van der Waals surface area contributed by atoms with Gasteiger partial charge >= 0.3 is 0 Å². The van der Waals surface area contributed by atoms with Gasteiger partial charge in [0.2, 0.25) is 11.8 Å². The van der Waals surface area contributed by atoms with E-state index in [0.717, 1.165) is 5.56 Å². The molecule has 7 heteroatoms. The molecule has 0 saturated heterocycles. The van der Waals surface area contributed by atoms with Gasteiger partial charge in [-0.05, 0) is 29.8 Å². The Labute approximate surface area is 165 Å². The Kier molecular flexibility index (Phi) is 3.58. The summed E-state index contributed by atoms with van der Waals surface area (Å²) in [6, 6.07) is 13.2. The van der Waals surface area contributed by atoms with Crippen molar-refractivity contribution in [3.63, 3.8) is 0 Å². The van der Waals surface area contributed by atoms with Crippen LogP contribution in [0.25, 0.3) is 5.69 Å². The van der Waals surface area contributed by atoms with Gasteiger partial charge in [-0.3, -0.25) is 14.5 Å². The first-order valence-electron chi connectivity index (χ1n) is 9.05. The van der Waals surface area contributed by atoms with Gasteiger partial charge in [0.05, 0.1) is 18.4 Å². The van der Waals surface area contributed by atoms with E-state index in [1.54, 1.807) is 18.3 Å². The highest BCUT2D eigenvalue weighted by Crippen LogP contribution is 2.52. The number of amides is 2. The summed E-state index contributed by atoms with van der Waals surface area (Å²) in [7, 11) is 0. The molecular formula is C22H15FN4O2. The molecular weight excluding hydrogens is 371 g/mol. The lowest BCUT2D eigenvalue weighted by Crippen LogP contribution is -2.46. The van der Waals surface area contributed by atoms with Gasteiger partial charge in [-0.15, -0.1) is 6.42 Å². The summed E-state index contributed by atoms with van der Waals surface area (Å²) >= 11 is 0. The number of halogens is 1. The van der Waals surface area contributed by atoms with Crippen LogP contribution in [0.1, 0.15) is 17.5 Å². The molecule has 0 aliphatic carbocycles. The fourth-order valence-electron chi connectivity index (χ4n) is 4.30. The van der Waals surface area contributed by atoms with Gasteiger partial charge in [0.15, 0.2) is 0 Å². The fourth-order valence-corrected chi connectivity index (χ4v) is 4.30. The number of para-hydroxylation sites is 1. The average Bonchev–Trinajstić information content (AvgIpc) is 3.23. The second kappa shape index (κ2) is 6.04. The molecule has 1 aromatic heterocycles. The van der Waals surface area contributed by atoms with Gasteiger partial charge in [-0.2, -0.15) is 5.10 Å². The molecule has 1 spiro atoms. The number of carbonyl (C=O) groups excluding carboxylic acids is 2. The number of aromatic nitrogens is 2. The van der Waals surface area contributed by atoms with E-state index in [0.29, 0.717) is 22.8 Å². The normalized spacial score (nSPS) is 19.7. The number of terminal acetylenes is 1. The second-order valence-corrected chi connectivity index (χ2v) is 7.04. The molecule has 2 aliphatic heterocycles. The van der Waals surface area contributed by atoms with Crippen molar-refractivity contribution >= 4 is 23.3 Å². The van der Waals surface area contributed by atoms with Crippen molar-refractivity contribution in [2.45, 2.75) is 11.8 Å². The number of hydrogen-bond donors (Lipinski definition) is 1. The van der Waals surface area contributed by atoms with Crippen molar-refractivity contribution < 1.29 is 14.0 Å². The molecule has 0 radical (unpaired) electrons. The van der Waals surface area contributed by atoms with Gasteiger partial charge in [-0.1, -0.05) is 30.2 Å². The largest absolute Gasteiger partial charge is 0.310 e. The molecule has 1 atom stereocenters. The molecule has 1 unspecified atom stereocenters. The van der Waals surface area contributed by atoms with E-state index < -0.39 is 11.2 Å². The molecule has 6 nitrogen and oxygen atoms in total. The maximum Gasteiger partial charge on any atom is 0.243 e. The first-order chi connectivity index (χ1) is 14.1. The molecule has 3 heterocycles. The van der Waals surface area contributed by atoms with E-state index in [1.807, 2.05) is 24.3 Å². The molecule has 142 valence electrons. The Bertz CT molecular complexity index is 1230. The zero-order chi connectivity index (χ0) is 20.2. The lowest BCUT2D eigenvalue weighted by Gasteiger charge is -2.32. The Morgan fingerprint density at radius 3 is 2.79 bits per heavy atom. The molecule has 3 aromatic rings. The number of benzene rings is 2. The molecule has 2 aliphatic rings. The van der Waals surface area contributed by atoms with E-state index in [-0.39, 0.29) is 24.8 Å².